The SMILES string of the molecule is NNc1nc(N2CCN(CC3CC3)CC2)c2cn[nH]c2n1. The van der Waals surface area contributed by atoms with Gasteiger partial charge in [-0.05, 0) is 18.8 Å². The molecule has 2 fully saturated rings. The summed E-state index contributed by atoms with van der Waals surface area (Å²) in [7, 11) is 0. The number of rotatable bonds is 4. The van der Waals surface area contributed by atoms with E-state index in [4.69, 9.17) is 5.84 Å². The summed E-state index contributed by atoms with van der Waals surface area (Å²) in [6, 6.07) is 0. The number of aromatic amines is 1. The molecule has 0 spiro atoms. The van der Waals surface area contributed by atoms with Crippen molar-refractivity contribution in [1.82, 2.24) is 25.1 Å². The lowest BCUT2D eigenvalue weighted by Crippen LogP contribution is -2.47. The first kappa shape index (κ1) is 12.8. The van der Waals surface area contributed by atoms with E-state index < -0.39 is 0 Å². The zero-order chi connectivity index (χ0) is 14.2. The number of aromatic nitrogens is 4. The third-order valence-corrected chi connectivity index (χ3v) is 4.30. The quantitative estimate of drug-likeness (QED) is 0.545. The van der Waals surface area contributed by atoms with Crippen LogP contribution in [0.5, 0.6) is 0 Å². The minimum atomic E-state index is 0.419. The zero-order valence-corrected chi connectivity index (χ0v) is 11.9. The molecule has 3 heterocycles. The van der Waals surface area contributed by atoms with Crippen molar-refractivity contribution in [1.29, 1.82) is 0 Å². The molecular weight excluding hydrogens is 268 g/mol. The molecule has 0 bridgehead atoms. The number of piperazine rings is 1. The Hall–Kier alpha value is -1.93. The van der Waals surface area contributed by atoms with Gasteiger partial charge in [-0.3, -0.25) is 15.4 Å². The molecule has 1 saturated carbocycles. The number of fused-ring (bicyclic) bond motifs is 1. The maximum Gasteiger partial charge on any atom is 0.241 e. The van der Waals surface area contributed by atoms with E-state index in [-0.39, 0.29) is 0 Å². The molecule has 1 saturated heterocycles. The van der Waals surface area contributed by atoms with Gasteiger partial charge < -0.3 is 4.90 Å². The largest absolute Gasteiger partial charge is 0.353 e. The van der Waals surface area contributed by atoms with Gasteiger partial charge in [-0.2, -0.15) is 15.1 Å². The van der Waals surface area contributed by atoms with Crippen molar-refractivity contribution in [2.75, 3.05) is 43.0 Å². The van der Waals surface area contributed by atoms with Crippen molar-refractivity contribution in [3.8, 4) is 0 Å². The second-order valence-electron chi connectivity index (χ2n) is 5.88. The molecule has 8 heteroatoms. The molecule has 1 aliphatic carbocycles. The number of nitrogens with zero attached hydrogens (tertiary/aromatic N) is 5. The van der Waals surface area contributed by atoms with Crippen molar-refractivity contribution in [2.24, 2.45) is 11.8 Å². The van der Waals surface area contributed by atoms with Crippen LogP contribution in [-0.2, 0) is 0 Å². The van der Waals surface area contributed by atoms with Gasteiger partial charge in [0.05, 0.1) is 11.6 Å². The Kier molecular flexibility index (Phi) is 3.12. The number of anilines is 2. The van der Waals surface area contributed by atoms with Crippen molar-refractivity contribution >= 4 is 22.8 Å². The summed E-state index contributed by atoms with van der Waals surface area (Å²) in [5.41, 5.74) is 3.24. The van der Waals surface area contributed by atoms with Crippen LogP contribution in [0.3, 0.4) is 0 Å². The lowest BCUT2D eigenvalue weighted by molar-refractivity contribution is 0.248. The van der Waals surface area contributed by atoms with Crippen LogP contribution in [0, 0.1) is 5.92 Å². The molecule has 0 aromatic carbocycles. The smallest absolute Gasteiger partial charge is 0.241 e. The van der Waals surface area contributed by atoms with E-state index in [0.29, 0.717) is 11.6 Å². The van der Waals surface area contributed by atoms with E-state index in [0.717, 1.165) is 43.3 Å². The molecule has 4 N–H and O–H groups in total. The second kappa shape index (κ2) is 5.12. The fraction of sp³-hybridized carbons (Fsp3) is 0.615. The molecule has 2 aliphatic rings. The Morgan fingerprint density at radius 3 is 2.76 bits per heavy atom. The lowest BCUT2D eigenvalue weighted by atomic mass is 10.2. The van der Waals surface area contributed by atoms with Gasteiger partial charge in [-0.25, -0.2) is 5.84 Å². The van der Waals surface area contributed by atoms with Crippen LogP contribution in [0.1, 0.15) is 12.8 Å². The predicted molar refractivity (Wildman–Crippen MR) is 80.9 cm³/mol. The van der Waals surface area contributed by atoms with Crippen LogP contribution in [0.15, 0.2) is 6.20 Å². The number of nitrogens with one attached hydrogen (secondary N) is 2. The molecule has 0 unspecified atom stereocenters. The van der Waals surface area contributed by atoms with Crippen LogP contribution in [0.25, 0.3) is 11.0 Å². The molecule has 0 radical (unpaired) electrons. The van der Waals surface area contributed by atoms with Crippen molar-refractivity contribution in [2.45, 2.75) is 12.8 Å². The highest BCUT2D eigenvalue weighted by Crippen LogP contribution is 2.30. The summed E-state index contributed by atoms with van der Waals surface area (Å²) >= 11 is 0. The number of nitrogen functional groups attached to an aromatic ring is 1. The number of hydrazine groups is 1. The van der Waals surface area contributed by atoms with Gasteiger partial charge >= 0.3 is 0 Å². The van der Waals surface area contributed by atoms with E-state index in [2.05, 4.69) is 35.4 Å². The first-order valence-electron chi connectivity index (χ1n) is 7.48. The minimum absolute atomic E-state index is 0.419. The zero-order valence-electron chi connectivity index (χ0n) is 11.9. The van der Waals surface area contributed by atoms with Crippen molar-refractivity contribution < 1.29 is 0 Å². The average Bonchev–Trinajstić information content (AvgIpc) is 3.21. The van der Waals surface area contributed by atoms with Gasteiger partial charge in [0.15, 0.2) is 5.65 Å². The highest BCUT2D eigenvalue weighted by atomic mass is 15.3. The molecular formula is C13H20N8. The molecule has 21 heavy (non-hydrogen) atoms. The van der Waals surface area contributed by atoms with E-state index in [1.165, 1.54) is 19.4 Å². The highest BCUT2D eigenvalue weighted by molar-refractivity contribution is 5.87. The standard InChI is InChI=1S/C13H20N8/c14-18-13-16-11-10(7-15-19-11)12(17-13)21-5-3-20(4-6-21)8-9-1-2-9/h7,9H,1-6,8,14H2,(H2,15,16,17,18,19). The fourth-order valence-corrected chi connectivity index (χ4v) is 2.93. The van der Waals surface area contributed by atoms with E-state index in [9.17, 15) is 0 Å². The Labute approximate surface area is 122 Å². The molecule has 0 atom stereocenters. The molecule has 112 valence electrons. The first-order valence-corrected chi connectivity index (χ1v) is 7.48. The van der Waals surface area contributed by atoms with Crippen molar-refractivity contribution in [3.05, 3.63) is 6.20 Å². The minimum Gasteiger partial charge on any atom is -0.353 e. The van der Waals surface area contributed by atoms with Crippen molar-refractivity contribution in [3.63, 3.8) is 0 Å². The van der Waals surface area contributed by atoms with Gasteiger partial charge in [0, 0.05) is 32.7 Å². The molecule has 1 aliphatic heterocycles. The lowest BCUT2D eigenvalue weighted by Gasteiger charge is -2.35. The monoisotopic (exact) mass is 288 g/mol. The van der Waals surface area contributed by atoms with Gasteiger partial charge in [-0.15, -0.1) is 0 Å². The Morgan fingerprint density at radius 1 is 1.24 bits per heavy atom. The molecule has 0 amide bonds. The third-order valence-electron chi connectivity index (χ3n) is 4.30. The van der Waals surface area contributed by atoms with Crippen LogP contribution in [0.4, 0.5) is 11.8 Å². The summed E-state index contributed by atoms with van der Waals surface area (Å²) in [5.74, 6) is 7.73. The molecule has 2 aromatic heterocycles. The van der Waals surface area contributed by atoms with Gasteiger partial charge in [0.1, 0.15) is 5.82 Å². The Balaban J connectivity index is 1.54. The summed E-state index contributed by atoms with van der Waals surface area (Å²) in [5, 5.41) is 7.89. The summed E-state index contributed by atoms with van der Waals surface area (Å²) < 4.78 is 0. The van der Waals surface area contributed by atoms with Gasteiger partial charge in [0.2, 0.25) is 5.95 Å². The van der Waals surface area contributed by atoms with Crippen LogP contribution in [0.2, 0.25) is 0 Å². The topological polar surface area (TPSA) is 99.0 Å². The Bertz CT molecular complexity index is 626. The number of hydrogen-bond donors (Lipinski definition) is 3. The van der Waals surface area contributed by atoms with Crippen LogP contribution >= 0.6 is 0 Å². The summed E-state index contributed by atoms with van der Waals surface area (Å²) in [6.45, 7) is 5.40. The average molecular weight is 288 g/mol. The molecule has 8 nitrogen and oxygen atoms in total. The third kappa shape index (κ3) is 2.52. The second-order valence-corrected chi connectivity index (χ2v) is 5.88. The number of hydrogen-bond acceptors (Lipinski definition) is 7. The fourth-order valence-electron chi connectivity index (χ4n) is 2.93. The maximum absolute atomic E-state index is 5.46. The summed E-state index contributed by atoms with van der Waals surface area (Å²) in [6.07, 6.45) is 4.60. The predicted octanol–water partition coefficient (Wildman–Crippen LogP) is 0.170. The van der Waals surface area contributed by atoms with Gasteiger partial charge in [0.25, 0.3) is 0 Å². The Morgan fingerprint density at radius 2 is 2.05 bits per heavy atom. The van der Waals surface area contributed by atoms with E-state index in [1.807, 2.05) is 0 Å². The van der Waals surface area contributed by atoms with E-state index >= 15 is 0 Å². The number of H-pyrrole nitrogens is 1. The normalized spacial score (nSPS) is 20.1. The van der Waals surface area contributed by atoms with Crippen LogP contribution < -0.4 is 16.2 Å². The van der Waals surface area contributed by atoms with E-state index in [1.54, 1.807) is 6.20 Å². The maximum atomic E-state index is 5.46. The van der Waals surface area contributed by atoms with Gasteiger partial charge in [-0.1, -0.05) is 0 Å². The van der Waals surface area contributed by atoms with Crippen LogP contribution in [-0.4, -0.2) is 57.8 Å². The summed E-state index contributed by atoms with van der Waals surface area (Å²) in [4.78, 5) is 13.6. The number of nitrogens with two attached hydrogens (primary N) is 1. The highest BCUT2D eigenvalue weighted by Gasteiger charge is 2.27. The molecule has 2 aromatic rings. The first-order chi connectivity index (χ1) is 10.3. The molecule has 4 rings (SSSR count).